The van der Waals surface area contributed by atoms with Gasteiger partial charge in [-0.2, -0.15) is 5.10 Å². The third kappa shape index (κ3) is 6.69. The summed E-state index contributed by atoms with van der Waals surface area (Å²) in [5.41, 5.74) is 9.48. The van der Waals surface area contributed by atoms with Crippen molar-refractivity contribution in [1.82, 2.24) is 19.8 Å². The molecule has 3 aromatic carbocycles. The molecule has 1 saturated heterocycles. The van der Waals surface area contributed by atoms with Crippen molar-refractivity contribution in [3.63, 3.8) is 0 Å². The molecule has 1 aliphatic rings. The molecule has 0 atom stereocenters. The summed E-state index contributed by atoms with van der Waals surface area (Å²) in [6.07, 6.45) is 1.64. The van der Waals surface area contributed by atoms with Gasteiger partial charge in [0.15, 0.2) is 0 Å². The van der Waals surface area contributed by atoms with E-state index in [9.17, 15) is 9.18 Å². The Morgan fingerprint density at radius 1 is 0.846 bits per heavy atom. The summed E-state index contributed by atoms with van der Waals surface area (Å²) in [5, 5.41) is 4.18. The van der Waals surface area contributed by atoms with Crippen LogP contribution in [0.1, 0.15) is 38.4 Å². The molecule has 0 saturated carbocycles. The molecule has 7 heteroatoms. The van der Waals surface area contributed by atoms with Crippen molar-refractivity contribution in [2.24, 2.45) is 5.10 Å². The lowest BCUT2D eigenvalue weighted by atomic mass is 10.1. The molecule has 1 aliphatic heterocycles. The topological polar surface area (TPSA) is 52.9 Å². The third-order valence-electron chi connectivity index (χ3n) is 7.26. The molecule has 0 radical (unpaired) electrons. The Bertz CT molecular complexity index is 1420. The molecule has 0 aliphatic carbocycles. The van der Waals surface area contributed by atoms with E-state index in [4.69, 9.17) is 0 Å². The van der Waals surface area contributed by atoms with Gasteiger partial charge in [0, 0.05) is 67.5 Å². The highest BCUT2D eigenvalue weighted by Gasteiger charge is 2.17. The Kier molecular flexibility index (Phi) is 8.30. The summed E-state index contributed by atoms with van der Waals surface area (Å²) >= 11 is 0. The number of halogens is 1. The third-order valence-corrected chi connectivity index (χ3v) is 7.26. The zero-order valence-electron chi connectivity index (χ0n) is 22.5. The van der Waals surface area contributed by atoms with Crippen LogP contribution < -0.4 is 5.43 Å². The molecule has 1 aromatic heterocycles. The maximum Gasteiger partial charge on any atom is 0.271 e. The highest BCUT2D eigenvalue weighted by atomic mass is 19.1. The molecule has 4 aromatic rings. The number of aromatic nitrogens is 1. The summed E-state index contributed by atoms with van der Waals surface area (Å²) < 4.78 is 15.4. The van der Waals surface area contributed by atoms with E-state index in [2.05, 4.69) is 50.7 Å². The van der Waals surface area contributed by atoms with Crippen LogP contribution in [0.3, 0.4) is 0 Å². The van der Waals surface area contributed by atoms with E-state index in [1.54, 1.807) is 18.3 Å². The molecule has 1 N–H and O–H groups in total. The van der Waals surface area contributed by atoms with E-state index in [0.29, 0.717) is 5.56 Å². The van der Waals surface area contributed by atoms with Crippen LogP contribution in [0.5, 0.6) is 0 Å². The first kappa shape index (κ1) is 26.5. The number of hydrogen-bond donors (Lipinski definition) is 1. The molecule has 2 heterocycles. The van der Waals surface area contributed by atoms with E-state index in [1.165, 1.54) is 23.3 Å². The molecule has 0 spiro atoms. The Balaban J connectivity index is 1.11. The number of nitrogens with one attached hydrogen (secondary N) is 1. The Hall–Kier alpha value is -4.07. The lowest BCUT2D eigenvalue weighted by Crippen LogP contribution is -2.45. The monoisotopic (exact) mass is 523 g/mol. The van der Waals surface area contributed by atoms with Gasteiger partial charge in [0.1, 0.15) is 5.82 Å². The van der Waals surface area contributed by atoms with Crippen LogP contribution in [0.2, 0.25) is 0 Å². The number of nitrogens with zero attached hydrogens (tertiary/aromatic N) is 4. The summed E-state index contributed by atoms with van der Waals surface area (Å²) in [5.74, 6) is -0.518. The molecule has 39 heavy (non-hydrogen) atoms. The van der Waals surface area contributed by atoms with Gasteiger partial charge < -0.3 is 4.57 Å². The highest BCUT2D eigenvalue weighted by Crippen LogP contribution is 2.20. The molecule has 6 nitrogen and oxygen atoms in total. The zero-order chi connectivity index (χ0) is 27.2. The van der Waals surface area contributed by atoms with E-state index < -0.39 is 0 Å². The SMILES string of the molecule is Cc1cc(/C=N\NC(=O)c2ccc(CN3CCN(Cc4ccccc4)CC3)cc2)c(C)n1-c1ccc(F)cc1. The van der Waals surface area contributed by atoms with E-state index in [0.717, 1.165) is 61.9 Å². The largest absolute Gasteiger partial charge is 0.318 e. The summed E-state index contributed by atoms with van der Waals surface area (Å²) in [4.78, 5) is 17.6. The summed E-state index contributed by atoms with van der Waals surface area (Å²) in [6, 6.07) is 26.7. The molecule has 0 bridgehead atoms. The molecule has 1 fully saturated rings. The molecule has 0 unspecified atom stereocenters. The van der Waals surface area contributed by atoms with Crippen LogP contribution >= 0.6 is 0 Å². The van der Waals surface area contributed by atoms with Crippen molar-refractivity contribution in [2.45, 2.75) is 26.9 Å². The molecular weight excluding hydrogens is 489 g/mol. The van der Waals surface area contributed by atoms with Crippen LogP contribution in [0, 0.1) is 19.7 Å². The van der Waals surface area contributed by atoms with Crippen molar-refractivity contribution in [3.05, 3.63) is 124 Å². The minimum absolute atomic E-state index is 0.250. The first-order chi connectivity index (χ1) is 19.0. The first-order valence-corrected chi connectivity index (χ1v) is 13.3. The number of carbonyl (C=O) groups is 1. The summed E-state index contributed by atoms with van der Waals surface area (Å²) in [6.45, 7) is 10.0. The van der Waals surface area contributed by atoms with Gasteiger partial charge in [-0.15, -0.1) is 0 Å². The first-order valence-electron chi connectivity index (χ1n) is 13.3. The minimum atomic E-state index is -0.267. The van der Waals surface area contributed by atoms with Crippen LogP contribution in [-0.2, 0) is 13.1 Å². The van der Waals surface area contributed by atoms with Gasteiger partial charge in [-0.3, -0.25) is 14.6 Å². The van der Waals surface area contributed by atoms with Crippen LogP contribution in [-0.4, -0.2) is 52.7 Å². The number of hydrogen-bond acceptors (Lipinski definition) is 4. The second-order valence-corrected chi connectivity index (χ2v) is 10.1. The van der Waals surface area contributed by atoms with Crippen molar-refractivity contribution in [2.75, 3.05) is 26.2 Å². The predicted molar refractivity (Wildman–Crippen MR) is 154 cm³/mol. The van der Waals surface area contributed by atoms with Gasteiger partial charge in [0.25, 0.3) is 5.91 Å². The number of hydrazone groups is 1. The van der Waals surface area contributed by atoms with Crippen LogP contribution in [0.15, 0.2) is 90.0 Å². The van der Waals surface area contributed by atoms with Crippen molar-refractivity contribution in [3.8, 4) is 5.69 Å². The lowest BCUT2D eigenvalue weighted by Gasteiger charge is -2.34. The summed E-state index contributed by atoms with van der Waals surface area (Å²) in [7, 11) is 0. The predicted octanol–water partition coefficient (Wildman–Crippen LogP) is 5.31. The fraction of sp³-hybridized carbons (Fsp3) is 0.250. The maximum absolute atomic E-state index is 13.3. The molecule has 200 valence electrons. The van der Waals surface area contributed by atoms with E-state index in [-0.39, 0.29) is 11.7 Å². The van der Waals surface area contributed by atoms with E-state index in [1.807, 2.05) is 48.7 Å². The van der Waals surface area contributed by atoms with Gasteiger partial charge in [-0.1, -0.05) is 42.5 Å². The van der Waals surface area contributed by atoms with Crippen molar-refractivity contribution >= 4 is 12.1 Å². The minimum Gasteiger partial charge on any atom is -0.318 e. The normalized spacial score (nSPS) is 14.6. The Morgan fingerprint density at radius 3 is 2.05 bits per heavy atom. The molecule has 5 rings (SSSR count). The van der Waals surface area contributed by atoms with Crippen LogP contribution in [0.25, 0.3) is 5.69 Å². The second kappa shape index (κ2) is 12.2. The van der Waals surface area contributed by atoms with Gasteiger partial charge in [-0.25, -0.2) is 9.82 Å². The highest BCUT2D eigenvalue weighted by molar-refractivity contribution is 5.95. The van der Waals surface area contributed by atoms with Crippen LogP contribution in [0.4, 0.5) is 4.39 Å². The van der Waals surface area contributed by atoms with Gasteiger partial charge in [-0.05, 0) is 67.4 Å². The van der Waals surface area contributed by atoms with E-state index >= 15 is 0 Å². The smallest absolute Gasteiger partial charge is 0.271 e. The quantitative estimate of drug-likeness (QED) is 0.251. The van der Waals surface area contributed by atoms with Gasteiger partial charge in [0.2, 0.25) is 0 Å². The standard InChI is InChI=1S/C32H34FN5O/c1-24-20-29(25(2)38(24)31-14-12-30(33)13-15-31)21-34-35-32(39)28-10-8-27(9-11-28)23-37-18-16-36(17-19-37)22-26-6-4-3-5-7-26/h3-15,20-21H,16-19,22-23H2,1-2H3,(H,35,39)/b34-21-. The van der Waals surface area contributed by atoms with Gasteiger partial charge >= 0.3 is 0 Å². The molecule has 1 amide bonds. The number of rotatable bonds is 8. The average Bonchev–Trinajstić information content (AvgIpc) is 3.23. The zero-order valence-corrected chi connectivity index (χ0v) is 22.5. The average molecular weight is 524 g/mol. The fourth-order valence-electron chi connectivity index (χ4n) is 5.10. The Labute approximate surface area is 229 Å². The number of carbonyl (C=O) groups excluding carboxylic acids is 1. The van der Waals surface area contributed by atoms with Crippen molar-refractivity contribution in [1.29, 1.82) is 0 Å². The van der Waals surface area contributed by atoms with Gasteiger partial charge in [0.05, 0.1) is 6.21 Å². The second-order valence-electron chi connectivity index (χ2n) is 10.1. The molecular formula is C32H34FN5O. The lowest BCUT2D eigenvalue weighted by molar-refractivity contribution is 0.0955. The number of benzene rings is 3. The van der Waals surface area contributed by atoms with Crippen molar-refractivity contribution < 1.29 is 9.18 Å². The number of aryl methyl sites for hydroxylation is 1. The maximum atomic E-state index is 13.3. The number of amides is 1. The Morgan fingerprint density at radius 2 is 1.44 bits per heavy atom. The number of piperazine rings is 1. The fourth-order valence-corrected chi connectivity index (χ4v) is 5.10.